The fourth-order valence-electron chi connectivity index (χ4n) is 1.01. The topological polar surface area (TPSA) is 18.5 Å². The first kappa shape index (κ1) is 17.3. The molecule has 0 aromatic rings. The summed E-state index contributed by atoms with van der Waals surface area (Å²) in [5, 5.41) is 0. The molecule has 0 aromatic heterocycles. The molecule has 15 heavy (non-hydrogen) atoms. The molecule has 0 bridgehead atoms. The van der Waals surface area contributed by atoms with Crippen molar-refractivity contribution in [2.75, 3.05) is 26.9 Å². The fourth-order valence-corrected chi connectivity index (χ4v) is 1.01. The molecule has 0 atom stereocenters. The Morgan fingerprint density at radius 2 is 1.13 bits per heavy atom. The summed E-state index contributed by atoms with van der Waals surface area (Å²) < 4.78 is 9.98. The van der Waals surface area contributed by atoms with Crippen LogP contribution in [0.15, 0.2) is 0 Å². The van der Waals surface area contributed by atoms with Crippen LogP contribution < -0.4 is 0 Å². The lowest BCUT2D eigenvalue weighted by molar-refractivity contribution is 0.126. The molecule has 0 aliphatic heterocycles. The molecule has 0 aromatic carbocycles. The summed E-state index contributed by atoms with van der Waals surface area (Å²) in [5.74, 6) is 0. The van der Waals surface area contributed by atoms with Gasteiger partial charge in [-0.1, -0.05) is 39.5 Å². The third-order valence-corrected chi connectivity index (χ3v) is 2.07. The summed E-state index contributed by atoms with van der Waals surface area (Å²) in [7, 11) is 1.68. The van der Waals surface area contributed by atoms with E-state index < -0.39 is 0 Å². The van der Waals surface area contributed by atoms with Crippen LogP contribution >= 0.6 is 0 Å². The second-order valence-electron chi connectivity index (χ2n) is 3.60. The normalized spacial score (nSPS) is 9.60. The number of hydrogen-bond donors (Lipinski definition) is 0. The number of rotatable bonds is 9. The molecule has 0 radical (unpaired) electrons. The Balaban J connectivity index is 0. The van der Waals surface area contributed by atoms with E-state index in [9.17, 15) is 0 Å². The van der Waals surface area contributed by atoms with E-state index >= 15 is 0 Å². The van der Waals surface area contributed by atoms with Gasteiger partial charge in [0.2, 0.25) is 0 Å². The molecule has 0 aliphatic carbocycles. The van der Waals surface area contributed by atoms with Gasteiger partial charge in [0.1, 0.15) is 0 Å². The van der Waals surface area contributed by atoms with Gasteiger partial charge >= 0.3 is 0 Å². The Morgan fingerprint density at radius 1 is 0.733 bits per heavy atom. The summed E-state index contributed by atoms with van der Waals surface area (Å²) >= 11 is 0. The minimum absolute atomic E-state index is 0.819. The summed E-state index contributed by atoms with van der Waals surface area (Å²) in [6.07, 6.45) is 7.68. The van der Waals surface area contributed by atoms with E-state index in [1.165, 1.54) is 38.5 Å². The fraction of sp³-hybridized carbons (Fsp3) is 1.00. The van der Waals surface area contributed by atoms with Crippen molar-refractivity contribution < 1.29 is 9.47 Å². The highest BCUT2D eigenvalue weighted by molar-refractivity contribution is 4.38. The lowest BCUT2D eigenvalue weighted by Gasteiger charge is -2.01. The van der Waals surface area contributed by atoms with Gasteiger partial charge in [-0.15, -0.1) is 0 Å². The molecule has 0 aliphatic rings. The highest BCUT2D eigenvalue weighted by atomic mass is 16.5. The van der Waals surface area contributed by atoms with Crippen molar-refractivity contribution in [2.24, 2.45) is 0 Å². The molecule has 0 unspecified atom stereocenters. The van der Waals surface area contributed by atoms with Crippen LogP contribution in [0.2, 0.25) is 0 Å². The SMILES string of the molecule is CCCCCOCCCCC.CCOC. The number of unbranched alkanes of at least 4 members (excludes halogenated alkanes) is 4. The summed E-state index contributed by atoms with van der Waals surface area (Å²) in [6, 6.07) is 0. The summed E-state index contributed by atoms with van der Waals surface area (Å²) in [4.78, 5) is 0. The van der Waals surface area contributed by atoms with Crippen molar-refractivity contribution in [1.29, 1.82) is 0 Å². The average Bonchev–Trinajstić information content (AvgIpc) is 2.28. The Labute approximate surface area is 96.4 Å². The molecule has 0 N–H and O–H groups in total. The van der Waals surface area contributed by atoms with Crippen LogP contribution in [0.25, 0.3) is 0 Å². The molecular formula is C13H30O2. The predicted molar refractivity (Wildman–Crippen MR) is 67.4 cm³/mol. The number of ether oxygens (including phenoxy) is 2. The van der Waals surface area contributed by atoms with E-state index in [1.807, 2.05) is 6.92 Å². The maximum Gasteiger partial charge on any atom is 0.0466 e. The van der Waals surface area contributed by atoms with E-state index in [1.54, 1.807) is 7.11 Å². The number of methoxy groups -OCH3 is 1. The maximum absolute atomic E-state index is 5.44. The van der Waals surface area contributed by atoms with E-state index in [0.29, 0.717) is 0 Å². The highest BCUT2D eigenvalue weighted by Crippen LogP contribution is 1.97. The van der Waals surface area contributed by atoms with Crippen LogP contribution in [0.3, 0.4) is 0 Å². The first-order chi connectivity index (χ1) is 7.33. The monoisotopic (exact) mass is 218 g/mol. The highest BCUT2D eigenvalue weighted by Gasteiger charge is 1.88. The van der Waals surface area contributed by atoms with Crippen molar-refractivity contribution in [3.63, 3.8) is 0 Å². The Morgan fingerprint density at radius 3 is 1.40 bits per heavy atom. The predicted octanol–water partition coefficient (Wildman–Crippen LogP) is 4.04. The molecule has 2 nitrogen and oxygen atoms in total. The van der Waals surface area contributed by atoms with Crippen LogP contribution in [0.4, 0.5) is 0 Å². The molecule has 2 heteroatoms. The third-order valence-electron chi connectivity index (χ3n) is 2.07. The molecule has 0 saturated heterocycles. The lowest BCUT2D eigenvalue weighted by atomic mass is 10.2. The lowest BCUT2D eigenvalue weighted by Crippen LogP contribution is -1.96. The van der Waals surface area contributed by atoms with Crippen LogP contribution in [0, 0.1) is 0 Å². The molecule has 0 fully saturated rings. The minimum atomic E-state index is 0.819. The van der Waals surface area contributed by atoms with Gasteiger partial charge in [-0.05, 0) is 19.8 Å². The van der Waals surface area contributed by atoms with Gasteiger partial charge in [-0.3, -0.25) is 0 Å². The first-order valence-corrected chi connectivity index (χ1v) is 6.40. The van der Waals surface area contributed by atoms with Crippen molar-refractivity contribution in [3.8, 4) is 0 Å². The second kappa shape index (κ2) is 19.5. The van der Waals surface area contributed by atoms with E-state index in [2.05, 4.69) is 18.6 Å². The molecule has 0 spiro atoms. The third kappa shape index (κ3) is 24.9. The summed E-state index contributed by atoms with van der Waals surface area (Å²) in [6.45, 7) is 9.16. The zero-order valence-corrected chi connectivity index (χ0v) is 11.2. The van der Waals surface area contributed by atoms with Gasteiger partial charge in [0.05, 0.1) is 0 Å². The van der Waals surface area contributed by atoms with E-state index in [4.69, 9.17) is 4.74 Å². The standard InChI is InChI=1S/C10H22O.C3H8O/c1-3-5-7-9-11-10-8-6-4-2;1-3-4-2/h3-10H2,1-2H3;3H2,1-2H3. The molecule has 0 rings (SSSR count). The van der Waals surface area contributed by atoms with Crippen molar-refractivity contribution in [2.45, 2.75) is 59.3 Å². The quantitative estimate of drug-likeness (QED) is 0.544. The molecule has 0 saturated carbocycles. The summed E-state index contributed by atoms with van der Waals surface area (Å²) in [5.41, 5.74) is 0. The van der Waals surface area contributed by atoms with Gasteiger partial charge in [-0.2, -0.15) is 0 Å². The van der Waals surface area contributed by atoms with E-state index in [0.717, 1.165) is 19.8 Å². The Kier molecular flexibility index (Phi) is 22.5. The van der Waals surface area contributed by atoms with E-state index in [-0.39, 0.29) is 0 Å². The van der Waals surface area contributed by atoms with Crippen molar-refractivity contribution in [3.05, 3.63) is 0 Å². The van der Waals surface area contributed by atoms with Gasteiger partial charge < -0.3 is 9.47 Å². The van der Waals surface area contributed by atoms with Crippen LogP contribution in [0.5, 0.6) is 0 Å². The Hall–Kier alpha value is -0.0800. The molecular weight excluding hydrogens is 188 g/mol. The Bertz CT molecular complexity index is 74.6. The zero-order chi connectivity index (χ0) is 11.8. The van der Waals surface area contributed by atoms with Crippen molar-refractivity contribution in [1.82, 2.24) is 0 Å². The molecule has 0 heterocycles. The van der Waals surface area contributed by atoms with Crippen LogP contribution in [-0.2, 0) is 9.47 Å². The molecule has 0 amide bonds. The van der Waals surface area contributed by atoms with Gasteiger partial charge in [-0.25, -0.2) is 0 Å². The largest absolute Gasteiger partial charge is 0.385 e. The van der Waals surface area contributed by atoms with Gasteiger partial charge in [0, 0.05) is 26.9 Å². The van der Waals surface area contributed by atoms with Gasteiger partial charge in [0.25, 0.3) is 0 Å². The average molecular weight is 218 g/mol. The van der Waals surface area contributed by atoms with Crippen molar-refractivity contribution >= 4 is 0 Å². The molecule has 94 valence electrons. The van der Waals surface area contributed by atoms with Crippen LogP contribution in [-0.4, -0.2) is 26.9 Å². The maximum atomic E-state index is 5.44. The number of hydrogen-bond acceptors (Lipinski definition) is 2. The van der Waals surface area contributed by atoms with Crippen LogP contribution in [0.1, 0.15) is 59.3 Å². The first-order valence-electron chi connectivity index (χ1n) is 6.40. The zero-order valence-electron chi connectivity index (χ0n) is 11.2. The van der Waals surface area contributed by atoms with Gasteiger partial charge in [0.15, 0.2) is 0 Å². The second-order valence-corrected chi connectivity index (χ2v) is 3.60. The minimum Gasteiger partial charge on any atom is -0.385 e. The smallest absolute Gasteiger partial charge is 0.0466 e.